The first kappa shape index (κ1) is 18.6. The van der Waals surface area contributed by atoms with Crippen molar-refractivity contribution in [2.75, 3.05) is 18.0 Å². The smallest absolute Gasteiger partial charge is 0.337 e. The molecular formula is C20H17F3N6O. The van der Waals surface area contributed by atoms with Crippen LogP contribution in [0.25, 0.3) is 17.1 Å². The minimum absolute atomic E-state index is 0.101. The van der Waals surface area contributed by atoms with Crippen LogP contribution in [0, 0.1) is 0 Å². The van der Waals surface area contributed by atoms with Crippen LogP contribution in [0.3, 0.4) is 0 Å². The van der Waals surface area contributed by atoms with Gasteiger partial charge in [-0.1, -0.05) is 18.2 Å². The first-order valence-corrected chi connectivity index (χ1v) is 9.55. The monoisotopic (exact) mass is 414 g/mol. The molecule has 0 radical (unpaired) electrons. The molecule has 4 heterocycles. The highest BCUT2D eigenvalue weighted by Gasteiger charge is 2.32. The first-order valence-electron chi connectivity index (χ1n) is 9.55. The molecule has 0 amide bonds. The van der Waals surface area contributed by atoms with Gasteiger partial charge in [0.25, 0.3) is 11.8 Å². The van der Waals surface area contributed by atoms with Crippen molar-refractivity contribution in [1.82, 2.24) is 24.7 Å². The minimum atomic E-state index is -4.42. The molecule has 0 spiro atoms. The number of pyridine rings is 1. The second kappa shape index (κ2) is 7.12. The number of halogens is 3. The Balaban J connectivity index is 1.42. The zero-order chi connectivity index (χ0) is 20.7. The van der Waals surface area contributed by atoms with Crippen LogP contribution >= 0.6 is 0 Å². The largest absolute Gasteiger partial charge is 0.417 e. The predicted molar refractivity (Wildman–Crippen MR) is 102 cm³/mol. The fourth-order valence-electron chi connectivity index (χ4n) is 3.77. The maximum Gasteiger partial charge on any atom is 0.417 e. The number of aromatic nitrogens is 5. The van der Waals surface area contributed by atoms with E-state index < -0.39 is 11.7 Å². The molecule has 5 rings (SSSR count). The third kappa shape index (κ3) is 3.38. The van der Waals surface area contributed by atoms with Crippen molar-refractivity contribution in [2.24, 2.45) is 0 Å². The van der Waals surface area contributed by atoms with Crippen molar-refractivity contribution in [3.8, 4) is 11.5 Å². The van der Waals surface area contributed by atoms with Gasteiger partial charge in [-0.3, -0.25) is 4.40 Å². The number of fused-ring (bicyclic) bond motifs is 1. The van der Waals surface area contributed by atoms with Crippen LogP contribution in [-0.2, 0) is 6.18 Å². The van der Waals surface area contributed by atoms with Crippen molar-refractivity contribution in [3.05, 3.63) is 60.0 Å². The Bertz CT molecular complexity index is 1170. The summed E-state index contributed by atoms with van der Waals surface area (Å²) < 4.78 is 46.2. The van der Waals surface area contributed by atoms with E-state index in [1.54, 1.807) is 0 Å². The van der Waals surface area contributed by atoms with E-state index in [1.807, 2.05) is 35.2 Å². The maximum atomic E-state index is 13.1. The van der Waals surface area contributed by atoms with Crippen molar-refractivity contribution in [1.29, 1.82) is 0 Å². The molecule has 0 aliphatic carbocycles. The normalized spacial score (nSPS) is 17.6. The molecule has 1 aliphatic heterocycles. The lowest BCUT2D eigenvalue weighted by atomic mass is 9.97. The van der Waals surface area contributed by atoms with Crippen LogP contribution in [0.15, 0.2) is 53.2 Å². The average Bonchev–Trinajstić information content (AvgIpc) is 3.41. The van der Waals surface area contributed by atoms with E-state index in [4.69, 9.17) is 4.52 Å². The molecule has 1 aliphatic rings. The summed E-state index contributed by atoms with van der Waals surface area (Å²) in [6.45, 7) is 1.25. The summed E-state index contributed by atoms with van der Waals surface area (Å²) in [5.74, 6) is 1.29. The Morgan fingerprint density at radius 3 is 2.67 bits per heavy atom. The highest BCUT2D eigenvalue weighted by atomic mass is 19.4. The molecule has 3 aromatic heterocycles. The zero-order valence-corrected chi connectivity index (χ0v) is 15.8. The molecule has 10 heteroatoms. The maximum absolute atomic E-state index is 13.1. The second-order valence-corrected chi connectivity index (χ2v) is 7.25. The van der Waals surface area contributed by atoms with Gasteiger partial charge in [-0.2, -0.15) is 18.2 Å². The van der Waals surface area contributed by atoms with Crippen LogP contribution in [0.1, 0.15) is 30.1 Å². The summed E-state index contributed by atoms with van der Waals surface area (Å²) in [5, 5.41) is 12.3. The third-order valence-electron chi connectivity index (χ3n) is 5.26. The van der Waals surface area contributed by atoms with Gasteiger partial charge in [-0.25, -0.2) is 0 Å². The van der Waals surface area contributed by atoms with Gasteiger partial charge < -0.3 is 9.42 Å². The number of nitrogens with zero attached hydrogens (tertiary/aromatic N) is 6. The summed E-state index contributed by atoms with van der Waals surface area (Å²) in [6, 6.07) is 11.8. The third-order valence-corrected chi connectivity index (χ3v) is 5.26. The van der Waals surface area contributed by atoms with Crippen molar-refractivity contribution >= 4 is 11.6 Å². The van der Waals surface area contributed by atoms with E-state index in [2.05, 4.69) is 20.3 Å². The summed E-state index contributed by atoms with van der Waals surface area (Å²) in [5.41, 5.74) is 0.489. The van der Waals surface area contributed by atoms with Gasteiger partial charge in [-0.05, 0) is 42.3 Å². The molecule has 0 N–H and O–H groups in total. The Morgan fingerprint density at radius 1 is 1.03 bits per heavy atom. The number of anilines is 1. The number of benzene rings is 1. The summed E-state index contributed by atoms with van der Waals surface area (Å²) >= 11 is 0. The molecule has 4 aromatic rings. The van der Waals surface area contributed by atoms with Gasteiger partial charge in [0, 0.05) is 30.8 Å². The fraction of sp³-hybridized carbons (Fsp3) is 0.300. The Labute approximate surface area is 169 Å². The average molecular weight is 414 g/mol. The number of hydrogen-bond acceptors (Lipinski definition) is 6. The molecule has 7 nitrogen and oxygen atoms in total. The predicted octanol–water partition coefficient (Wildman–Crippen LogP) is 4.18. The zero-order valence-electron chi connectivity index (χ0n) is 15.8. The Hall–Kier alpha value is -3.43. The van der Waals surface area contributed by atoms with Crippen LogP contribution in [0.2, 0.25) is 0 Å². The molecule has 1 fully saturated rings. The van der Waals surface area contributed by atoms with Gasteiger partial charge in [0.2, 0.25) is 0 Å². The summed E-state index contributed by atoms with van der Waals surface area (Å²) in [4.78, 5) is 6.46. The molecule has 1 aromatic carbocycles. The van der Waals surface area contributed by atoms with Crippen LogP contribution < -0.4 is 4.90 Å². The SMILES string of the molecule is FC(F)(F)c1ccc2nnc(C3CCCN(c4noc(-c5ccccc5)n4)C3)n2c1. The van der Waals surface area contributed by atoms with Crippen molar-refractivity contribution in [2.45, 2.75) is 24.9 Å². The lowest BCUT2D eigenvalue weighted by Gasteiger charge is -2.30. The standard InChI is InChI=1S/C20H17F3N6O/c21-20(22,23)15-8-9-16-25-26-17(29(16)12-15)14-7-4-10-28(11-14)19-24-18(30-27-19)13-5-2-1-3-6-13/h1-3,5-6,8-9,12,14H,4,7,10-11H2. The van der Waals surface area contributed by atoms with Gasteiger partial charge >= 0.3 is 6.18 Å². The van der Waals surface area contributed by atoms with Crippen LogP contribution in [0.5, 0.6) is 0 Å². The molecule has 0 bridgehead atoms. The lowest BCUT2D eigenvalue weighted by Crippen LogP contribution is -2.35. The van der Waals surface area contributed by atoms with E-state index in [0.717, 1.165) is 37.2 Å². The summed E-state index contributed by atoms with van der Waals surface area (Å²) in [7, 11) is 0. The summed E-state index contributed by atoms with van der Waals surface area (Å²) in [6.07, 6.45) is -1.75. The van der Waals surface area contributed by atoms with Crippen LogP contribution in [-0.4, -0.2) is 37.8 Å². The first-order chi connectivity index (χ1) is 14.5. The molecule has 1 unspecified atom stereocenters. The van der Waals surface area contributed by atoms with E-state index in [9.17, 15) is 13.2 Å². The minimum Gasteiger partial charge on any atom is -0.337 e. The number of piperidine rings is 1. The van der Waals surface area contributed by atoms with E-state index in [1.165, 1.54) is 10.5 Å². The van der Waals surface area contributed by atoms with E-state index in [0.29, 0.717) is 29.9 Å². The van der Waals surface area contributed by atoms with Crippen molar-refractivity contribution < 1.29 is 17.7 Å². The van der Waals surface area contributed by atoms with E-state index in [-0.39, 0.29) is 5.92 Å². The van der Waals surface area contributed by atoms with Crippen LogP contribution in [0.4, 0.5) is 19.1 Å². The molecule has 1 saturated heterocycles. The van der Waals surface area contributed by atoms with E-state index >= 15 is 0 Å². The molecule has 154 valence electrons. The number of alkyl halides is 3. The molecule has 1 atom stereocenters. The highest BCUT2D eigenvalue weighted by molar-refractivity contribution is 5.54. The van der Waals surface area contributed by atoms with Crippen molar-refractivity contribution in [3.63, 3.8) is 0 Å². The number of hydrogen-bond donors (Lipinski definition) is 0. The molecule has 0 saturated carbocycles. The van der Waals surface area contributed by atoms with Gasteiger partial charge in [0.15, 0.2) is 5.65 Å². The molecular weight excluding hydrogens is 397 g/mol. The second-order valence-electron chi connectivity index (χ2n) is 7.25. The van der Waals surface area contributed by atoms with Gasteiger partial charge in [0.05, 0.1) is 5.56 Å². The highest BCUT2D eigenvalue weighted by Crippen LogP contribution is 2.32. The van der Waals surface area contributed by atoms with Gasteiger partial charge in [0.1, 0.15) is 5.82 Å². The number of rotatable bonds is 3. The van der Waals surface area contributed by atoms with Gasteiger partial charge in [-0.15, -0.1) is 10.2 Å². The fourth-order valence-corrected chi connectivity index (χ4v) is 3.77. The molecule has 30 heavy (non-hydrogen) atoms. The lowest BCUT2D eigenvalue weighted by molar-refractivity contribution is -0.137. The Kier molecular flexibility index (Phi) is 4.41. The Morgan fingerprint density at radius 2 is 1.87 bits per heavy atom. The topological polar surface area (TPSA) is 72.3 Å². The quantitative estimate of drug-likeness (QED) is 0.501.